The topological polar surface area (TPSA) is 60.4 Å². The smallest absolute Gasteiger partial charge is 0.547 e. The molecule has 3 nitrogen and oxygen atoms in total. The van der Waals surface area contributed by atoms with Crippen molar-refractivity contribution in [3.05, 3.63) is 0 Å². The van der Waals surface area contributed by atoms with E-state index in [2.05, 4.69) is 0 Å². The largest absolute Gasteiger partial charge is 2.00 e. The summed E-state index contributed by atoms with van der Waals surface area (Å²) in [6.07, 6.45) is -1.34. The molecule has 0 saturated carbocycles. The summed E-state index contributed by atoms with van der Waals surface area (Å²) in [6.45, 7) is 1.13. The third-order valence-electron chi connectivity index (χ3n) is 0.341. The number of aliphatic hydroxyl groups excluding tert-OH is 1. The maximum absolute atomic E-state index is 9.34. The molecule has 0 fully saturated rings. The molecule has 0 saturated heterocycles. The first kappa shape index (κ1) is 22.8. The molecule has 1 N–H and O–H groups in total. The van der Waals surface area contributed by atoms with Crippen molar-refractivity contribution in [2.24, 2.45) is 0 Å². The summed E-state index contributed by atoms with van der Waals surface area (Å²) in [5.74, 6) is -1.44. The summed E-state index contributed by atoms with van der Waals surface area (Å²) in [5, 5.41) is 17.3. The van der Waals surface area contributed by atoms with Gasteiger partial charge < -0.3 is 15.0 Å². The Morgan fingerprint density at radius 1 is 1.56 bits per heavy atom. The van der Waals surface area contributed by atoms with E-state index in [0.29, 0.717) is 0 Å². The summed E-state index contributed by atoms with van der Waals surface area (Å²) < 4.78 is 0. The number of carboxylic acids is 1. The average Bonchev–Trinajstić information content (AvgIpc) is 1.36. The van der Waals surface area contributed by atoms with Gasteiger partial charge >= 0.3 is 124 Å². The van der Waals surface area contributed by atoms with Crippen molar-refractivity contribution in [2.75, 3.05) is 0 Å². The van der Waals surface area contributed by atoms with Gasteiger partial charge in [0.2, 0.25) is 0 Å². The molecule has 0 aliphatic rings. The number of hydrogen-bond donors (Lipinski definition) is 1. The molecule has 0 aromatic rings. The molecule has 0 aromatic carbocycles. The SMILES string of the molecule is CC(O)C(=O)[O-].[K+].[K+].[Ti+2]. The Morgan fingerprint density at radius 3 is 1.67 bits per heavy atom. The normalized spacial score (nSPS) is 9.11. The Balaban J connectivity index is -0.0000000417. The van der Waals surface area contributed by atoms with Gasteiger partial charge in [0.15, 0.2) is 0 Å². The molecular formula is C3H5K2O3Ti+3. The predicted molar refractivity (Wildman–Crippen MR) is 16.7 cm³/mol. The van der Waals surface area contributed by atoms with Crippen LogP contribution in [0.15, 0.2) is 0 Å². The quantitative estimate of drug-likeness (QED) is 0.442. The Bertz CT molecular complexity index is 68.1. The second kappa shape index (κ2) is 14.0. The fourth-order valence-corrected chi connectivity index (χ4v) is 0. The van der Waals surface area contributed by atoms with E-state index in [-0.39, 0.29) is 124 Å². The molecule has 0 aromatic heterocycles. The number of aliphatic carboxylic acids is 1. The van der Waals surface area contributed by atoms with Gasteiger partial charge in [-0.15, -0.1) is 0 Å². The zero-order chi connectivity index (χ0) is 5.15. The number of rotatable bonds is 1. The Morgan fingerprint density at radius 2 is 1.67 bits per heavy atom. The van der Waals surface area contributed by atoms with Crippen molar-refractivity contribution in [1.82, 2.24) is 0 Å². The molecule has 9 heavy (non-hydrogen) atoms. The van der Waals surface area contributed by atoms with Crippen molar-refractivity contribution < 1.29 is 139 Å². The van der Waals surface area contributed by atoms with Crippen molar-refractivity contribution >= 4 is 5.97 Å². The van der Waals surface area contributed by atoms with Crippen molar-refractivity contribution in [1.29, 1.82) is 0 Å². The second-order valence-electron chi connectivity index (χ2n) is 0.995. The minimum atomic E-state index is -1.44. The summed E-state index contributed by atoms with van der Waals surface area (Å²) >= 11 is 0. The molecule has 1 unspecified atom stereocenters. The molecule has 0 amide bonds. The number of hydrogen-bond acceptors (Lipinski definition) is 3. The van der Waals surface area contributed by atoms with Crippen LogP contribution in [-0.2, 0) is 26.5 Å². The summed E-state index contributed by atoms with van der Waals surface area (Å²) in [5.41, 5.74) is 0. The van der Waals surface area contributed by atoms with Gasteiger partial charge in [-0.1, -0.05) is 0 Å². The van der Waals surface area contributed by atoms with Crippen molar-refractivity contribution in [3.63, 3.8) is 0 Å². The van der Waals surface area contributed by atoms with Gasteiger partial charge in [-0.05, 0) is 6.92 Å². The van der Waals surface area contributed by atoms with Crippen LogP contribution in [-0.4, -0.2) is 17.2 Å². The standard InChI is InChI=1S/C3H6O3.2K.Ti/c1-2(4)3(5)6;;;/h2,4H,1H3,(H,5,6);;;/q;2*+1;+2/p-1. The Kier molecular flexibility index (Phi) is 35.5. The maximum atomic E-state index is 9.34. The van der Waals surface area contributed by atoms with E-state index in [1.807, 2.05) is 0 Å². The maximum Gasteiger partial charge on any atom is 2.00 e. The van der Waals surface area contributed by atoms with Crippen LogP contribution in [0.2, 0.25) is 0 Å². The Hall–Kier alpha value is 3.42. The van der Waals surface area contributed by atoms with Crippen LogP contribution >= 0.6 is 0 Å². The van der Waals surface area contributed by atoms with E-state index in [9.17, 15) is 9.90 Å². The van der Waals surface area contributed by atoms with Crippen LogP contribution in [0.3, 0.4) is 0 Å². The Labute approximate surface area is 154 Å². The van der Waals surface area contributed by atoms with Crippen LogP contribution in [0.5, 0.6) is 0 Å². The second-order valence-corrected chi connectivity index (χ2v) is 0.995. The zero-order valence-corrected chi connectivity index (χ0v) is 13.6. The zero-order valence-electron chi connectivity index (χ0n) is 5.84. The molecule has 6 heteroatoms. The molecule has 38 valence electrons. The average molecular weight is 215 g/mol. The van der Waals surface area contributed by atoms with Crippen molar-refractivity contribution in [3.8, 4) is 0 Å². The third-order valence-corrected chi connectivity index (χ3v) is 0.341. The third kappa shape index (κ3) is 18.4. The summed E-state index contributed by atoms with van der Waals surface area (Å²) in [7, 11) is 0. The fraction of sp³-hybridized carbons (Fsp3) is 0.667. The fourth-order valence-electron chi connectivity index (χ4n) is 0. The van der Waals surface area contributed by atoms with Gasteiger partial charge in [-0.3, -0.25) is 0 Å². The van der Waals surface area contributed by atoms with Gasteiger partial charge in [0, 0.05) is 0 Å². The van der Waals surface area contributed by atoms with E-state index >= 15 is 0 Å². The first-order valence-electron chi connectivity index (χ1n) is 1.53. The summed E-state index contributed by atoms with van der Waals surface area (Å²) in [4.78, 5) is 9.34. The van der Waals surface area contributed by atoms with E-state index in [4.69, 9.17) is 5.11 Å². The molecular weight excluding hydrogens is 210 g/mol. The summed E-state index contributed by atoms with van der Waals surface area (Å²) in [6, 6.07) is 0. The molecule has 0 spiro atoms. The molecule has 0 bridgehead atoms. The molecule has 0 rings (SSSR count). The van der Waals surface area contributed by atoms with Crippen LogP contribution in [0.1, 0.15) is 6.92 Å². The van der Waals surface area contributed by atoms with Gasteiger partial charge in [-0.2, -0.15) is 0 Å². The van der Waals surface area contributed by atoms with Gasteiger partial charge in [0.05, 0.1) is 12.1 Å². The number of carbonyl (C=O) groups excluding carboxylic acids is 1. The minimum absolute atomic E-state index is 0. The van der Waals surface area contributed by atoms with Crippen LogP contribution < -0.4 is 108 Å². The van der Waals surface area contributed by atoms with Crippen LogP contribution in [0.25, 0.3) is 0 Å². The molecule has 1 atom stereocenters. The first-order chi connectivity index (χ1) is 2.64. The van der Waals surface area contributed by atoms with Gasteiger partial charge in [-0.25, -0.2) is 0 Å². The monoisotopic (exact) mass is 215 g/mol. The molecule has 0 aliphatic carbocycles. The number of carbonyl (C=O) groups is 1. The van der Waals surface area contributed by atoms with Crippen LogP contribution in [0.4, 0.5) is 0 Å². The van der Waals surface area contributed by atoms with E-state index in [1.54, 1.807) is 0 Å². The molecule has 0 heterocycles. The minimum Gasteiger partial charge on any atom is -0.547 e. The van der Waals surface area contributed by atoms with Crippen molar-refractivity contribution in [2.45, 2.75) is 13.0 Å². The van der Waals surface area contributed by atoms with E-state index < -0.39 is 12.1 Å². The molecule has 0 aliphatic heterocycles. The predicted octanol–water partition coefficient (Wildman–Crippen LogP) is -7.88. The van der Waals surface area contributed by atoms with Gasteiger partial charge in [0.25, 0.3) is 0 Å². The molecule has 0 radical (unpaired) electrons. The van der Waals surface area contributed by atoms with Gasteiger partial charge in [0.1, 0.15) is 0 Å². The van der Waals surface area contributed by atoms with E-state index in [1.165, 1.54) is 0 Å². The van der Waals surface area contributed by atoms with E-state index in [0.717, 1.165) is 6.92 Å². The number of aliphatic hydroxyl groups is 1. The first-order valence-corrected chi connectivity index (χ1v) is 1.53. The number of carboxylic acid groups (broad SMARTS) is 1. The van der Waals surface area contributed by atoms with Crippen LogP contribution in [0, 0.1) is 0 Å².